The number of para-hydroxylation sites is 2. The van der Waals surface area contributed by atoms with Crippen molar-refractivity contribution in [2.45, 2.75) is 6.42 Å². The predicted molar refractivity (Wildman–Crippen MR) is 81.8 cm³/mol. The maximum absolute atomic E-state index is 12.2. The van der Waals surface area contributed by atoms with Gasteiger partial charge in [0.05, 0.1) is 25.3 Å². The quantitative estimate of drug-likeness (QED) is 0.885. The lowest BCUT2D eigenvalue weighted by Gasteiger charge is -2.21. The van der Waals surface area contributed by atoms with E-state index >= 15 is 0 Å². The molecule has 2 aliphatic heterocycles. The van der Waals surface area contributed by atoms with Crippen LogP contribution in [0.25, 0.3) is 0 Å². The zero-order chi connectivity index (χ0) is 14.7. The number of aliphatic imine (C=N–C) groups is 1. The zero-order valence-corrected chi connectivity index (χ0v) is 12.2. The smallest absolute Gasteiger partial charge is 0.245 e. The van der Waals surface area contributed by atoms with Crippen molar-refractivity contribution in [3.63, 3.8) is 0 Å². The highest BCUT2D eigenvalue weighted by Gasteiger charge is 2.25. The molecule has 2 amide bonds. The second-order valence-electron chi connectivity index (χ2n) is 4.63. The van der Waals surface area contributed by atoms with Crippen molar-refractivity contribution < 1.29 is 14.3 Å². The van der Waals surface area contributed by atoms with Crippen LogP contribution in [0.1, 0.15) is 6.42 Å². The Bertz CT molecular complexity index is 603. The van der Waals surface area contributed by atoms with Crippen LogP contribution in [0.3, 0.4) is 0 Å². The molecule has 110 valence electrons. The van der Waals surface area contributed by atoms with E-state index < -0.39 is 0 Å². The topological polar surface area (TPSA) is 71.0 Å². The normalized spacial score (nSPS) is 17.6. The number of ether oxygens (including phenoxy) is 1. The van der Waals surface area contributed by atoms with E-state index in [0.29, 0.717) is 23.2 Å². The number of anilines is 1. The lowest BCUT2D eigenvalue weighted by Crippen LogP contribution is -2.41. The van der Waals surface area contributed by atoms with Crippen molar-refractivity contribution in [1.29, 1.82) is 0 Å². The molecule has 6 nitrogen and oxygen atoms in total. The number of nitrogens with one attached hydrogen (secondary N) is 1. The minimum Gasteiger partial charge on any atom is -0.491 e. The van der Waals surface area contributed by atoms with E-state index in [4.69, 9.17) is 4.74 Å². The van der Waals surface area contributed by atoms with Crippen LogP contribution in [0.2, 0.25) is 0 Å². The van der Waals surface area contributed by atoms with Gasteiger partial charge in [-0.25, -0.2) is 0 Å². The van der Waals surface area contributed by atoms with Crippen molar-refractivity contribution in [3.05, 3.63) is 24.3 Å². The average Bonchev–Trinajstić information content (AvgIpc) is 2.92. The summed E-state index contributed by atoms with van der Waals surface area (Å²) >= 11 is 1.51. The summed E-state index contributed by atoms with van der Waals surface area (Å²) in [7, 11) is 0. The number of amidine groups is 1. The van der Waals surface area contributed by atoms with Gasteiger partial charge in [0.1, 0.15) is 12.3 Å². The Morgan fingerprint density at radius 1 is 1.43 bits per heavy atom. The third-order valence-electron chi connectivity index (χ3n) is 3.16. The van der Waals surface area contributed by atoms with Crippen molar-refractivity contribution in [3.8, 4) is 5.75 Å². The number of benzene rings is 1. The van der Waals surface area contributed by atoms with Crippen molar-refractivity contribution in [2.24, 2.45) is 4.99 Å². The molecule has 1 aromatic carbocycles. The first-order chi connectivity index (χ1) is 10.2. The SMILES string of the molecule is O=C(CN1C(=O)CCOc2ccccc21)NC1=NCCS1. The first-order valence-electron chi connectivity index (χ1n) is 6.73. The Morgan fingerprint density at radius 3 is 3.10 bits per heavy atom. The minimum atomic E-state index is -0.242. The minimum absolute atomic E-state index is 0.0290. The Morgan fingerprint density at radius 2 is 2.29 bits per heavy atom. The van der Waals surface area contributed by atoms with Gasteiger partial charge >= 0.3 is 0 Å². The van der Waals surface area contributed by atoms with Gasteiger partial charge in [-0.1, -0.05) is 23.9 Å². The van der Waals surface area contributed by atoms with E-state index in [1.807, 2.05) is 12.1 Å². The summed E-state index contributed by atoms with van der Waals surface area (Å²) in [6, 6.07) is 7.25. The molecule has 1 N–H and O–H groups in total. The molecule has 0 fully saturated rings. The molecule has 3 rings (SSSR count). The van der Waals surface area contributed by atoms with E-state index in [-0.39, 0.29) is 24.8 Å². The van der Waals surface area contributed by atoms with Gasteiger partial charge in [-0.15, -0.1) is 0 Å². The Kier molecular flexibility index (Phi) is 4.10. The molecule has 21 heavy (non-hydrogen) atoms. The number of fused-ring (bicyclic) bond motifs is 1. The molecule has 2 aliphatic rings. The fraction of sp³-hybridized carbons (Fsp3) is 0.357. The van der Waals surface area contributed by atoms with Gasteiger partial charge in [-0.3, -0.25) is 19.5 Å². The number of thioether (sulfide) groups is 1. The third kappa shape index (κ3) is 3.18. The first-order valence-corrected chi connectivity index (χ1v) is 7.72. The van der Waals surface area contributed by atoms with Crippen LogP contribution in [0, 0.1) is 0 Å². The molecule has 0 aliphatic carbocycles. The van der Waals surface area contributed by atoms with Gasteiger partial charge in [0.15, 0.2) is 5.17 Å². The number of carbonyl (C=O) groups is 2. The van der Waals surface area contributed by atoms with Crippen LogP contribution < -0.4 is 15.0 Å². The van der Waals surface area contributed by atoms with Gasteiger partial charge in [-0.05, 0) is 12.1 Å². The first kappa shape index (κ1) is 13.9. The van der Waals surface area contributed by atoms with E-state index in [1.165, 1.54) is 16.7 Å². The molecule has 0 bridgehead atoms. The standard InChI is InChI=1S/C14H15N3O3S/c18-12(16-14-15-6-8-21-14)9-17-10-3-1-2-4-11(10)20-7-5-13(17)19/h1-4H,5-9H2,(H,15,16,18). The maximum Gasteiger partial charge on any atom is 0.245 e. The monoisotopic (exact) mass is 305 g/mol. The van der Waals surface area contributed by atoms with Crippen LogP contribution in [0.15, 0.2) is 29.3 Å². The van der Waals surface area contributed by atoms with Gasteiger partial charge in [0, 0.05) is 5.75 Å². The van der Waals surface area contributed by atoms with Crippen LogP contribution in [-0.2, 0) is 9.59 Å². The highest BCUT2D eigenvalue weighted by molar-refractivity contribution is 8.14. The molecule has 1 aromatic rings. The fourth-order valence-corrected chi connectivity index (χ4v) is 2.95. The molecule has 0 radical (unpaired) electrons. The number of amides is 2. The molecule has 0 saturated carbocycles. The van der Waals surface area contributed by atoms with Gasteiger partial charge < -0.3 is 10.1 Å². The van der Waals surface area contributed by atoms with Crippen LogP contribution in [0.4, 0.5) is 5.69 Å². The second-order valence-corrected chi connectivity index (χ2v) is 5.71. The Hall–Kier alpha value is -2.02. The summed E-state index contributed by atoms with van der Waals surface area (Å²) in [6.45, 7) is 1.02. The van der Waals surface area contributed by atoms with E-state index in [2.05, 4.69) is 10.3 Å². The van der Waals surface area contributed by atoms with Crippen LogP contribution >= 0.6 is 11.8 Å². The third-order valence-corrected chi connectivity index (χ3v) is 4.06. The van der Waals surface area contributed by atoms with Crippen molar-refractivity contribution >= 4 is 34.4 Å². The number of rotatable bonds is 2. The second kappa shape index (κ2) is 6.17. The van der Waals surface area contributed by atoms with Crippen LogP contribution in [0.5, 0.6) is 5.75 Å². The maximum atomic E-state index is 12.2. The van der Waals surface area contributed by atoms with Gasteiger partial charge in [0.2, 0.25) is 11.8 Å². The lowest BCUT2D eigenvalue weighted by atomic mass is 10.2. The molecule has 2 heterocycles. The number of hydrogen-bond donors (Lipinski definition) is 1. The summed E-state index contributed by atoms with van der Waals surface area (Å²) in [6.07, 6.45) is 0.262. The van der Waals surface area contributed by atoms with E-state index in [0.717, 1.165) is 12.3 Å². The highest BCUT2D eigenvalue weighted by atomic mass is 32.2. The highest BCUT2D eigenvalue weighted by Crippen LogP contribution is 2.30. The number of hydrogen-bond acceptors (Lipinski definition) is 5. The van der Waals surface area contributed by atoms with Crippen molar-refractivity contribution in [1.82, 2.24) is 5.32 Å². The fourth-order valence-electron chi connectivity index (χ4n) is 2.21. The van der Waals surface area contributed by atoms with Gasteiger partial charge in [0.25, 0.3) is 0 Å². The summed E-state index contributed by atoms with van der Waals surface area (Å²) in [5.41, 5.74) is 0.635. The molecule has 0 unspecified atom stereocenters. The Labute approximate surface area is 126 Å². The van der Waals surface area contributed by atoms with Gasteiger partial charge in [-0.2, -0.15) is 0 Å². The molecule has 0 saturated heterocycles. The largest absolute Gasteiger partial charge is 0.491 e. The zero-order valence-electron chi connectivity index (χ0n) is 11.4. The predicted octanol–water partition coefficient (Wildman–Crippen LogP) is 1.02. The molecule has 7 heteroatoms. The summed E-state index contributed by atoms with van der Waals surface area (Å²) < 4.78 is 5.54. The average molecular weight is 305 g/mol. The van der Waals surface area contributed by atoms with E-state index in [9.17, 15) is 9.59 Å². The molecular weight excluding hydrogens is 290 g/mol. The summed E-state index contributed by atoms with van der Waals surface area (Å²) in [5.74, 6) is 1.16. The van der Waals surface area contributed by atoms with Crippen molar-refractivity contribution in [2.75, 3.05) is 30.3 Å². The number of carbonyl (C=O) groups excluding carboxylic acids is 2. The summed E-state index contributed by atoms with van der Waals surface area (Å²) in [4.78, 5) is 29.9. The number of nitrogens with zero attached hydrogens (tertiary/aromatic N) is 2. The molecular formula is C14H15N3O3S. The lowest BCUT2D eigenvalue weighted by molar-refractivity contribution is -0.123. The van der Waals surface area contributed by atoms with E-state index in [1.54, 1.807) is 12.1 Å². The molecule has 0 aromatic heterocycles. The molecule has 0 atom stereocenters. The summed E-state index contributed by atoms with van der Waals surface area (Å²) in [5, 5.41) is 3.37. The Balaban J connectivity index is 1.76. The van der Waals surface area contributed by atoms with Crippen LogP contribution in [-0.4, -0.2) is 42.4 Å². The molecule has 0 spiro atoms.